The van der Waals surface area contributed by atoms with Gasteiger partial charge in [-0.1, -0.05) is 6.07 Å². The van der Waals surface area contributed by atoms with Crippen molar-refractivity contribution in [1.82, 2.24) is 14.5 Å². The van der Waals surface area contributed by atoms with E-state index >= 15 is 0 Å². The van der Waals surface area contributed by atoms with Crippen LogP contribution in [0.2, 0.25) is 0 Å². The number of nitrogens with zero attached hydrogens (tertiary/aromatic N) is 4. The van der Waals surface area contributed by atoms with Gasteiger partial charge in [0, 0.05) is 26.0 Å². The molecule has 2 heterocycles. The molecule has 1 aromatic carbocycles. The molecule has 108 valence electrons. The van der Waals surface area contributed by atoms with Gasteiger partial charge < -0.3 is 4.90 Å². The summed E-state index contributed by atoms with van der Waals surface area (Å²) < 4.78 is 2.03. The van der Waals surface area contributed by atoms with Gasteiger partial charge in [0.2, 0.25) is 0 Å². The van der Waals surface area contributed by atoms with E-state index in [0.29, 0.717) is 0 Å². The lowest BCUT2D eigenvalue weighted by atomic mass is 10.2. The second-order valence-electron chi connectivity index (χ2n) is 5.18. The average Bonchev–Trinajstić information content (AvgIpc) is 2.87. The topological polar surface area (TPSA) is 34.0 Å². The Morgan fingerprint density at radius 2 is 2.00 bits per heavy atom. The first-order chi connectivity index (χ1) is 10.1. The number of rotatable bonds is 3. The molecule has 0 aliphatic carbocycles. The zero-order valence-corrected chi connectivity index (χ0v) is 13.0. The van der Waals surface area contributed by atoms with Crippen molar-refractivity contribution in [2.75, 3.05) is 19.0 Å². The molecule has 4 nitrogen and oxygen atoms in total. The maximum absolute atomic E-state index is 6.31. The predicted octanol–water partition coefficient (Wildman–Crippen LogP) is 3.79. The Morgan fingerprint density at radius 3 is 2.71 bits per heavy atom. The number of anilines is 1. The molecule has 0 aliphatic rings. The Morgan fingerprint density at radius 1 is 1.19 bits per heavy atom. The molecule has 0 amide bonds. The van der Waals surface area contributed by atoms with Crippen LogP contribution < -0.4 is 4.90 Å². The number of pyridine rings is 1. The van der Waals surface area contributed by atoms with E-state index in [9.17, 15) is 0 Å². The van der Waals surface area contributed by atoms with Gasteiger partial charge in [0.15, 0.2) is 5.65 Å². The monoisotopic (exact) mass is 300 g/mol. The van der Waals surface area contributed by atoms with Gasteiger partial charge in [0.1, 0.15) is 11.3 Å². The van der Waals surface area contributed by atoms with Crippen LogP contribution in [-0.4, -0.2) is 28.6 Å². The van der Waals surface area contributed by atoms with Crippen molar-refractivity contribution in [2.24, 2.45) is 0 Å². The van der Waals surface area contributed by atoms with Crippen molar-refractivity contribution < 1.29 is 0 Å². The molecule has 2 aromatic heterocycles. The molecule has 0 fully saturated rings. The third-order valence-corrected chi connectivity index (χ3v) is 3.60. The van der Waals surface area contributed by atoms with Gasteiger partial charge in [-0.25, -0.2) is 9.97 Å². The van der Waals surface area contributed by atoms with E-state index in [1.165, 1.54) is 0 Å². The van der Waals surface area contributed by atoms with Crippen LogP contribution in [-0.2, 0) is 0 Å². The fourth-order valence-corrected chi connectivity index (χ4v) is 2.51. The largest absolute Gasteiger partial charge is 0.378 e. The summed E-state index contributed by atoms with van der Waals surface area (Å²) in [6.07, 6.45) is 1.78. The van der Waals surface area contributed by atoms with Crippen molar-refractivity contribution >= 4 is 28.5 Å². The number of hydrogen-bond acceptors (Lipinski definition) is 3. The number of alkyl halides is 1. The van der Waals surface area contributed by atoms with Crippen LogP contribution in [0.1, 0.15) is 18.1 Å². The van der Waals surface area contributed by atoms with E-state index in [-0.39, 0.29) is 5.38 Å². The molecule has 0 N–H and O–H groups in total. The summed E-state index contributed by atoms with van der Waals surface area (Å²) in [7, 11) is 4.04. The van der Waals surface area contributed by atoms with E-state index in [4.69, 9.17) is 11.6 Å². The quantitative estimate of drug-likeness (QED) is 0.690. The summed E-state index contributed by atoms with van der Waals surface area (Å²) in [5.41, 5.74) is 3.83. The molecule has 3 rings (SSSR count). The second-order valence-corrected chi connectivity index (χ2v) is 5.84. The standard InChI is InChI=1S/C16H17ClN4/c1-11(17)15-19-14-8-5-9-18-16(14)21(15)13-7-4-6-12(10-13)20(2)3/h4-11H,1-3H3. The van der Waals surface area contributed by atoms with E-state index in [1.807, 2.05) is 49.9 Å². The Kier molecular flexibility index (Phi) is 3.55. The number of fused-ring (bicyclic) bond motifs is 1. The van der Waals surface area contributed by atoms with Gasteiger partial charge in [-0.05, 0) is 37.3 Å². The lowest BCUT2D eigenvalue weighted by Gasteiger charge is -2.15. The summed E-state index contributed by atoms with van der Waals surface area (Å²) in [6.45, 7) is 1.93. The molecular weight excluding hydrogens is 284 g/mol. The third-order valence-electron chi connectivity index (χ3n) is 3.40. The van der Waals surface area contributed by atoms with E-state index in [2.05, 4.69) is 27.0 Å². The van der Waals surface area contributed by atoms with Gasteiger partial charge in [-0.2, -0.15) is 0 Å². The highest BCUT2D eigenvalue weighted by atomic mass is 35.5. The summed E-state index contributed by atoms with van der Waals surface area (Å²) in [5.74, 6) is 0.807. The van der Waals surface area contributed by atoms with E-state index in [0.717, 1.165) is 28.4 Å². The van der Waals surface area contributed by atoms with Crippen LogP contribution in [0.15, 0.2) is 42.6 Å². The summed E-state index contributed by atoms with van der Waals surface area (Å²) >= 11 is 6.31. The Bertz CT molecular complexity index is 777. The van der Waals surface area contributed by atoms with Crippen LogP contribution in [0.5, 0.6) is 0 Å². The fraction of sp³-hybridized carbons (Fsp3) is 0.250. The number of imidazole rings is 1. The fourth-order valence-electron chi connectivity index (χ4n) is 2.36. The number of benzene rings is 1. The van der Waals surface area contributed by atoms with Crippen LogP contribution in [0.3, 0.4) is 0 Å². The molecule has 1 atom stereocenters. The van der Waals surface area contributed by atoms with Gasteiger partial charge in [-0.3, -0.25) is 4.57 Å². The van der Waals surface area contributed by atoms with Crippen molar-refractivity contribution in [1.29, 1.82) is 0 Å². The maximum atomic E-state index is 6.31. The number of halogens is 1. The number of aromatic nitrogens is 3. The Labute approximate surface area is 129 Å². The minimum Gasteiger partial charge on any atom is -0.378 e. The third kappa shape index (κ3) is 2.47. The minimum absolute atomic E-state index is 0.192. The summed E-state index contributed by atoms with van der Waals surface area (Å²) in [5, 5.41) is -0.192. The van der Waals surface area contributed by atoms with Crippen molar-refractivity contribution in [3.63, 3.8) is 0 Å². The van der Waals surface area contributed by atoms with Gasteiger partial charge >= 0.3 is 0 Å². The molecule has 0 saturated carbocycles. The zero-order chi connectivity index (χ0) is 15.0. The molecule has 1 unspecified atom stereocenters. The number of hydrogen-bond donors (Lipinski definition) is 0. The van der Waals surface area contributed by atoms with Crippen LogP contribution in [0.4, 0.5) is 5.69 Å². The summed E-state index contributed by atoms with van der Waals surface area (Å²) in [4.78, 5) is 11.2. The molecule has 0 spiro atoms. The average molecular weight is 301 g/mol. The van der Waals surface area contributed by atoms with Crippen molar-refractivity contribution in [3.05, 3.63) is 48.4 Å². The van der Waals surface area contributed by atoms with E-state index in [1.54, 1.807) is 6.20 Å². The maximum Gasteiger partial charge on any atom is 0.164 e. The van der Waals surface area contributed by atoms with Crippen molar-refractivity contribution in [2.45, 2.75) is 12.3 Å². The first kappa shape index (κ1) is 13.9. The zero-order valence-electron chi connectivity index (χ0n) is 12.3. The predicted molar refractivity (Wildman–Crippen MR) is 87.5 cm³/mol. The normalized spacial score (nSPS) is 12.6. The Balaban J connectivity index is 2.28. The molecule has 0 radical (unpaired) electrons. The van der Waals surface area contributed by atoms with E-state index < -0.39 is 0 Å². The van der Waals surface area contributed by atoms with Crippen LogP contribution in [0.25, 0.3) is 16.9 Å². The van der Waals surface area contributed by atoms with Gasteiger partial charge in [0.25, 0.3) is 0 Å². The van der Waals surface area contributed by atoms with Gasteiger partial charge in [0.05, 0.1) is 11.1 Å². The molecular formula is C16H17ClN4. The Hall–Kier alpha value is -2.07. The van der Waals surface area contributed by atoms with Crippen molar-refractivity contribution in [3.8, 4) is 5.69 Å². The first-order valence-corrected chi connectivity index (χ1v) is 7.27. The van der Waals surface area contributed by atoms with Gasteiger partial charge in [-0.15, -0.1) is 11.6 Å². The highest BCUT2D eigenvalue weighted by Gasteiger charge is 2.17. The molecule has 0 bridgehead atoms. The second kappa shape index (κ2) is 5.37. The summed E-state index contributed by atoms with van der Waals surface area (Å²) in [6, 6.07) is 12.1. The molecule has 3 aromatic rings. The smallest absolute Gasteiger partial charge is 0.164 e. The minimum atomic E-state index is -0.192. The molecule has 5 heteroatoms. The highest BCUT2D eigenvalue weighted by molar-refractivity contribution is 6.20. The SMILES string of the molecule is CC(Cl)c1nc2cccnc2n1-c1cccc(N(C)C)c1. The molecule has 0 aliphatic heterocycles. The molecule has 0 saturated heterocycles. The highest BCUT2D eigenvalue weighted by Crippen LogP contribution is 2.28. The van der Waals surface area contributed by atoms with Crippen LogP contribution in [0, 0.1) is 0 Å². The first-order valence-electron chi connectivity index (χ1n) is 6.83. The van der Waals surface area contributed by atoms with Crippen LogP contribution >= 0.6 is 11.6 Å². The lowest BCUT2D eigenvalue weighted by molar-refractivity contribution is 0.876. The lowest BCUT2D eigenvalue weighted by Crippen LogP contribution is -2.10. The molecule has 21 heavy (non-hydrogen) atoms.